The van der Waals surface area contributed by atoms with Crippen molar-refractivity contribution in [1.29, 1.82) is 0 Å². The Morgan fingerprint density at radius 2 is 1.87 bits per heavy atom. The first-order valence-corrected chi connectivity index (χ1v) is 5.39. The van der Waals surface area contributed by atoms with Crippen LogP contribution in [-0.4, -0.2) is 10.2 Å². The number of anilines is 1. The number of hydrogen-bond donors (Lipinski definition) is 1. The van der Waals surface area contributed by atoms with Gasteiger partial charge in [0.05, 0.1) is 10.0 Å². The number of hydrogen-bond acceptors (Lipinski definition) is 4. The lowest BCUT2D eigenvalue weighted by Crippen LogP contribution is -1.85. The smallest absolute Gasteiger partial charge is 0.203 e. The lowest BCUT2D eigenvalue weighted by molar-refractivity contribution is 0.631. The normalized spacial score (nSPS) is 10.6. The van der Waals surface area contributed by atoms with E-state index in [-0.39, 0.29) is 20.7 Å². The molecule has 0 bridgehead atoms. The number of halogens is 3. The Bertz CT molecular complexity index is 515. The predicted molar refractivity (Wildman–Crippen MR) is 59.7 cm³/mol. The van der Waals surface area contributed by atoms with Crippen molar-refractivity contribution in [1.82, 2.24) is 10.2 Å². The first kappa shape index (κ1) is 10.6. The molecule has 0 spiro atoms. The number of nitrogens with two attached hydrogens (primary N) is 1. The molecule has 0 aliphatic rings. The monoisotopic (exact) mass is 263 g/mol. The van der Waals surface area contributed by atoms with Gasteiger partial charge in [0, 0.05) is 5.56 Å². The van der Waals surface area contributed by atoms with Gasteiger partial charge in [-0.1, -0.05) is 34.5 Å². The van der Waals surface area contributed by atoms with Crippen LogP contribution in [0.4, 0.5) is 9.52 Å². The standard InChI is InChI=1S/C8H4Cl2FN3S/c9-4-1-3(6(11)2-5(4)10)7-13-14-8(12)15-7/h1-2H,(H2,12,14). The molecule has 0 aliphatic heterocycles. The Balaban J connectivity index is 2.58. The minimum absolute atomic E-state index is 0.162. The van der Waals surface area contributed by atoms with E-state index in [9.17, 15) is 4.39 Å². The average Bonchev–Trinajstić information content (AvgIpc) is 2.58. The van der Waals surface area contributed by atoms with E-state index < -0.39 is 5.82 Å². The van der Waals surface area contributed by atoms with Gasteiger partial charge in [0.15, 0.2) is 5.01 Å². The molecular formula is C8H4Cl2FN3S. The van der Waals surface area contributed by atoms with Crippen LogP contribution in [0.25, 0.3) is 10.6 Å². The maximum atomic E-state index is 13.5. The molecule has 15 heavy (non-hydrogen) atoms. The number of aromatic nitrogens is 2. The van der Waals surface area contributed by atoms with Crippen LogP contribution in [0.2, 0.25) is 10.0 Å². The SMILES string of the molecule is Nc1nnc(-c2cc(Cl)c(Cl)cc2F)s1. The topological polar surface area (TPSA) is 51.8 Å². The molecule has 1 aromatic carbocycles. The molecule has 0 amide bonds. The number of nitrogen functional groups attached to an aromatic ring is 1. The molecular weight excluding hydrogens is 260 g/mol. The van der Waals surface area contributed by atoms with Crippen LogP contribution in [0, 0.1) is 5.82 Å². The van der Waals surface area contributed by atoms with Crippen molar-refractivity contribution in [3.63, 3.8) is 0 Å². The minimum Gasteiger partial charge on any atom is -0.374 e. The van der Waals surface area contributed by atoms with Crippen LogP contribution in [0.5, 0.6) is 0 Å². The Hall–Kier alpha value is -0.910. The van der Waals surface area contributed by atoms with Gasteiger partial charge in [0.2, 0.25) is 5.13 Å². The number of rotatable bonds is 1. The highest BCUT2D eigenvalue weighted by atomic mass is 35.5. The van der Waals surface area contributed by atoms with Gasteiger partial charge in [0.1, 0.15) is 5.82 Å². The Labute approximate surface area is 98.6 Å². The highest BCUT2D eigenvalue weighted by molar-refractivity contribution is 7.18. The maximum absolute atomic E-state index is 13.5. The van der Waals surface area contributed by atoms with E-state index in [1.807, 2.05) is 0 Å². The number of benzene rings is 1. The van der Waals surface area contributed by atoms with E-state index in [2.05, 4.69) is 10.2 Å². The van der Waals surface area contributed by atoms with Gasteiger partial charge in [0.25, 0.3) is 0 Å². The maximum Gasteiger partial charge on any atom is 0.203 e. The molecule has 0 fully saturated rings. The van der Waals surface area contributed by atoms with E-state index in [0.29, 0.717) is 5.01 Å². The van der Waals surface area contributed by atoms with Gasteiger partial charge in [-0.3, -0.25) is 0 Å². The minimum atomic E-state index is -0.499. The summed E-state index contributed by atoms with van der Waals surface area (Å²) in [5.74, 6) is -0.499. The van der Waals surface area contributed by atoms with Crippen molar-refractivity contribution in [3.05, 3.63) is 28.0 Å². The van der Waals surface area contributed by atoms with E-state index >= 15 is 0 Å². The van der Waals surface area contributed by atoms with Crippen LogP contribution < -0.4 is 5.73 Å². The van der Waals surface area contributed by atoms with E-state index in [0.717, 1.165) is 17.4 Å². The zero-order chi connectivity index (χ0) is 11.0. The molecule has 2 rings (SSSR count). The van der Waals surface area contributed by atoms with Crippen LogP contribution in [0.15, 0.2) is 12.1 Å². The van der Waals surface area contributed by atoms with Crippen molar-refractivity contribution in [2.24, 2.45) is 0 Å². The summed E-state index contributed by atoms with van der Waals surface area (Å²) >= 11 is 12.5. The fourth-order valence-electron chi connectivity index (χ4n) is 1.03. The van der Waals surface area contributed by atoms with Crippen LogP contribution in [0.3, 0.4) is 0 Å². The summed E-state index contributed by atoms with van der Waals surface area (Å²) in [7, 11) is 0. The van der Waals surface area contributed by atoms with Gasteiger partial charge in [-0.15, -0.1) is 10.2 Å². The predicted octanol–water partition coefficient (Wildman–Crippen LogP) is 3.23. The summed E-state index contributed by atoms with van der Waals surface area (Å²) in [4.78, 5) is 0. The Morgan fingerprint density at radius 1 is 1.20 bits per heavy atom. The second kappa shape index (κ2) is 3.92. The Kier molecular flexibility index (Phi) is 2.77. The van der Waals surface area contributed by atoms with Crippen LogP contribution >= 0.6 is 34.5 Å². The lowest BCUT2D eigenvalue weighted by Gasteiger charge is -2.00. The summed E-state index contributed by atoms with van der Waals surface area (Å²) in [6.07, 6.45) is 0. The molecule has 1 aromatic heterocycles. The van der Waals surface area contributed by atoms with Gasteiger partial charge in [-0.2, -0.15) is 0 Å². The van der Waals surface area contributed by atoms with Gasteiger partial charge >= 0.3 is 0 Å². The van der Waals surface area contributed by atoms with Crippen molar-refractivity contribution in [2.75, 3.05) is 5.73 Å². The van der Waals surface area contributed by atoms with Crippen LogP contribution in [-0.2, 0) is 0 Å². The van der Waals surface area contributed by atoms with Crippen molar-refractivity contribution in [3.8, 4) is 10.6 Å². The lowest BCUT2D eigenvalue weighted by atomic mass is 10.2. The fourth-order valence-corrected chi connectivity index (χ4v) is 1.97. The first-order chi connectivity index (χ1) is 7.08. The second-order valence-corrected chi connectivity index (χ2v) is 4.52. The molecule has 0 atom stereocenters. The van der Waals surface area contributed by atoms with Gasteiger partial charge in [-0.25, -0.2) is 4.39 Å². The first-order valence-electron chi connectivity index (χ1n) is 3.82. The largest absolute Gasteiger partial charge is 0.374 e. The molecule has 0 saturated carbocycles. The molecule has 0 aliphatic carbocycles. The summed E-state index contributed by atoms with van der Waals surface area (Å²) < 4.78 is 13.5. The van der Waals surface area contributed by atoms with Crippen LogP contribution in [0.1, 0.15) is 0 Å². The highest BCUT2D eigenvalue weighted by Crippen LogP contribution is 2.33. The quantitative estimate of drug-likeness (QED) is 0.804. The summed E-state index contributed by atoms with van der Waals surface area (Å²) in [5.41, 5.74) is 5.65. The third-order valence-electron chi connectivity index (χ3n) is 1.68. The van der Waals surface area contributed by atoms with E-state index in [4.69, 9.17) is 28.9 Å². The average molecular weight is 264 g/mol. The van der Waals surface area contributed by atoms with E-state index in [1.54, 1.807) is 0 Å². The molecule has 3 nitrogen and oxygen atoms in total. The molecule has 2 N–H and O–H groups in total. The molecule has 0 saturated heterocycles. The molecule has 7 heteroatoms. The highest BCUT2D eigenvalue weighted by Gasteiger charge is 2.13. The third kappa shape index (κ3) is 2.04. The Morgan fingerprint density at radius 3 is 2.47 bits per heavy atom. The number of nitrogens with zero attached hydrogens (tertiary/aromatic N) is 2. The summed E-state index contributed by atoms with van der Waals surface area (Å²) in [6, 6.07) is 2.54. The van der Waals surface area contributed by atoms with Crippen molar-refractivity contribution < 1.29 is 4.39 Å². The molecule has 2 aromatic rings. The van der Waals surface area contributed by atoms with Gasteiger partial charge < -0.3 is 5.73 Å². The molecule has 1 heterocycles. The molecule has 78 valence electrons. The molecule has 0 unspecified atom stereocenters. The second-order valence-electron chi connectivity index (χ2n) is 2.69. The van der Waals surface area contributed by atoms with Gasteiger partial charge in [-0.05, 0) is 12.1 Å². The third-order valence-corrected chi connectivity index (χ3v) is 3.19. The van der Waals surface area contributed by atoms with Crippen molar-refractivity contribution >= 4 is 39.7 Å². The molecule has 0 radical (unpaired) electrons. The fraction of sp³-hybridized carbons (Fsp3) is 0. The van der Waals surface area contributed by atoms with E-state index in [1.165, 1.54) is 6.07 Å². The summed E-state index contributed by atoms with van der Waals surface area (Å²) in [5, 5.41) is 8.39. The summed E-state index contributed by atoms with van der Waals surface area (Å²) in [6.45, 7) is 0. The zero-order valence-electron chi connectivity index (χ0n) is 7.17. The zero-order valence-corrected chi connectivity index (χ0v) is 9.50. The van der Waals surface area contributed by atoms with Crippen molar-refractivity contribution in [2.45, 2.75) is 0 Å².